The van der Waals surface area contributed by atoms with Crippen molar-refractivity contribution in [1.29, 1.82) is 0 Å². The first-order chi connectivity index (χ1) is 16.1. The maximum atomic E-state index is 12.9. The third-order valence-corrected chi connectivity index (χ3v) is 5.57. The molecule has 0 spiro atoms. The van der Waals surface area contributed by atoms with Gasteiger partial charge in [-0.15, -0.1) is 0 Å². The van der Waals surface area contributed by atoms with Crippen LogP contribution in [0.2, 0.25) is 0 Å². The summed E-state index contributed by atoms with van der Waals surface area (Å²) >= 11 is 0. The molecule has 1 saturated heterocycles. The smallest absolute Gasteiger partial charge is 0.257 e. The minimum absolute atomic E-state index is 0.0201. The first-order valence-corrected chi connectivity index (χ1v) is 11.0. The molecule has 8 heteroatoms. The van der Waals surface area contributed by atoms with Crippen molar-refractivity contribution in [3.05, 3.63) is 66.7 Å². The van der Waals surface area contributed by atoms with Gasteiger partial charge in [0, 0.05) is 42.2 Å². The number of nitrogens with one attached hydrogen (secondary N) is 1. The molecular weight excluding hydrogens is 418 g/mol. The molecule has 1 atom stereocenters. The van der Waals surface area contributed by atoms with Gasteiger partial charge in [0.2, 0.25) is 5.88 Å². The lowest BCUT2D eigenvalue weighted by atomic mass is 10.0. The molecule has 1 aromatic carbocycles. The lowest BCUT2D eigenvalue weighted by molar-refractivity contribution is 0.102. The lowest BCUT2D eigenvalue weighted by Gasteiger charge is -2.11. The Kier molecular flexibility index (Phi) is 5.75. The minimum atomic E-state index is -0.257. The predicted molar refractivity (Wildman–Crippen MR) is 125 cm³/mol. The van der Waals surface area contributed by atoms with Crippen LogP contribution in [0.15, 0.2) is 61.2 Å². The number of pyridine rings is 2. The largest absolute Gasteiger partial charge is 0.475 e. The Labute approximate surface area is 191 Å². The van der Waals surface area contributed by atoms with Crippen LogP contribution >= 0.6 is 0 Å². The van der Waals surface area contributed by atoms with E-state index in [0.717, 1.165) is 29.5 Å². The van der Waals surface area contributed by atoms with Gasteiger partial charge in [0.15, 0.2) is 0 Å². The third kappa shape index (κ3) is 4.42. The Balaban J connectivity index is 1.41. The molecule has 0 saturated carbocycles. The number of nitrogens with zero attached hydrogens (tertiary/aromatic N) is 4. The Hall–Kier alpha value is -3.78. The van der Waals surface area contributed by atoms with Crippen LogP contribution in [-0.4, -0.2) is 45.0 Å². The van der Waals surface area contributed by atoms with Gasteiger partial charge in [-0.3, -0.25) is 14.5 Å². The van der Waals surface area contributed by atoms with Crippen LogP contribution in [0.3, 0.4) is 0 Å². The van der Waals surface area contributed by atoms with Crippen LogP contribution in [-0.2, 0) is 4.74 Å². The van der Waals surface area contributed by atoms with E-state index in [0.29, 0.717) is 29.3 Å². The van der Waals surface area contributed by atoms with Crippen LogP contribution in [0.5, 0.6) is 5.88 Å². The highest BCUT2D eigenvalue weighted by atomic mass is 16.5. The summed E-state index contributed by atoms with van der Waals surface area (Å²) in [4.78, 5) is 21.6. The molecule has 0 radical (unpaired) electrons. The first kappa shape index (κ1) is 21.1. The summed E-state index contributed by atoms with van der Waals surface area (Å²) in [7, 11) is 0. The van der Waals surface area contributed by atoms with Crippen LogP contribution in [0.25, 0.3) is 22.0 Å². The molecule has 1 N–H and O–H groups in total. The zero-order valence-corrected chi connectivity index (χ0v) is 18.6. The number of rotatable bonds is 6. The molecule has 1 aliphatic rings. The van der Waals surface area contributed by atoms with Crippen LogP contribution < -0.4 is 10.1 Å². The number of hydrogen-bond donors (Lipinski definition) is 1. The maximum absolute atomic E-state index is 12.9. The number of carbonyl (C=O) groups is 1. The fraction of sp³-hybridized carbons (Fsp3) is 0.280. The van der Waals surface area contributed by atoms with E-state index in [1.54, 1.807) is 18.3 Å². The molecule has 3 aromatic heterocycles. The van der Waals surface area contributed by atoms with Crippen LogP contribution in [0, 0.1) is 0 Å². The van der Waals surface area contributed by atoms with E-state index in [9.17, 15) is 4.79 Å². The second-order valence-electron chi connectivity index (χ2n) is 8.29. The molecule has 168 valence electrons. The number of aromatic nitrogens is 4. The molecule has 1 fully saturated rings. The zero-order valence-electron chi connectivity index (χ0n) is 18.6. The van der Waals surface area contributed by atoms with Gasteiger partial charge in [0.1, 0.15) is 0 Å². The number of hydrogen-bond acceptors (Lipinski definition) is 6. The van der Waals surface area contributed by atoms with Gasteiger partial charge in [-0.2, -0.15) is 5.10 Å². The number of anilines is 1. The second-order valence-corrected chi connectivity index (χ2v) is 8.29. The number of amides is 1. The Morgan fingerprint density at radius 1 is 1.18 bits per heavy atom. The van der Waals surface area contributed by atoms with Gasteiger partial charge in [0.25, 0.3) is 5.91 Å². The van der Waals surface area contributed by atoms with E-state index in [1.165, 1.54) is 6.20 Å². The molecule has 1 aliphatic heterocycles. The highest BCUT2D eigenvalue weighted by Crippen LogP contribution is 2.32. The summed E-state index contributed by atoms with van der Waals surface area (Å²) in [6.45, 7) is 5.31. The highest BCUT2D eigenvalue weighted by Gasteiger charge is 2.19. The molecular formula is C25H25N5O3. The average Bonchev–Trinajstić information content (AvgIpc) is 3.51. The van der Waals surface area contributed by atoms with Gasteiger partial charge in [-0.1, -0.05) is 12.1 Å². The van der Waals surface area contributed by atoms with E-state index >= 15 is 0 Å². The molecule has 0 bridgehead atoms. The summed E-state index contributed by atoms with van der Waals surface area (Å²) in [5.74, 6) is 0.232. The Morgan fingerprint density at radius 2 is 2.09 bits per heavy atom. The number of ether oxygens (including phenoxy) is 2. The van der Waals surface area contributed by atoms with E-state index in [1.807, 2.05) is 55.2 Å². The van der Waals surface area contributed by atoms with E-state index < -0.39 is 0 Å². The van der Waals surface area contributed by atoms with Gasteiger partial charge in [0.05, 0.1) is 41.7 Å². The van der Waals surface area contributed by atoms with Crippen molar-refractivity contribution in [1.82, 2.24) is 19.7 Å². The monoisotopic (exact) mass is 443 g/mol. The van der Waals surface area contributed by atoms with Crippen LogP contribution in [0.1, 0.15) is 36.7 Å². The maximum Gasteiger partial charge on any atom is 0.257 e. The molecule has 4 aromatic rings. The van der Waals surface area contributed by atoms with Crippen LogP contribution in [0.4, 0.5) is 5.69 Å². The van der Waals surface area contributed by atoms with Crippen molar-refractivity contribution in [2.24, 2.45) is 0 Å². The van der Waals surface area contributed by atoms with E-state index in [4.69, 9.17) is 9.47 Å². The van der Waals surface area contributed by atoms with Gasteiger partial charge >= 0.3 is 0 Å². The summed E-state index contributed by atoms with van der Waals surface area (Å²) in [5.41, 5.74) is 3.81. The van der Waals surface area contributed by atoms with Crippen molar-refractivity contribution < 1.29 is 14.3 Å². The summed E-state index contributed by atoms with van der Waals surface area (Å²) in [6.07, 6.45) is 8.16. The quantitative estimate of drug-likeness (QED) is 0.472. The predicted octanol–water partition coefficient (Wildman–Crippen LogP) is 4.49. The number of para-hydroxylation sites is 1. The number of benzene rings is 1. The fourth-order valence-electron chi connectivity index (χ4n) is 3.96. The summed E-state index contributed by atoms with van der Waals surface area (Å²) in [5, 5.41) is 8.46. The van der Waals surface area contributed by atoms with E-state index in [-0.39, 0.29) is 18.1 Å². The minimum Gasteiger partial charge on any atom is -0.475 e. The molecule has 8 nitrogen and oxygen atoms in total. The molecule has 0 aliphatic carbocycles. The first-order valence-electron chi connectivity index (χ1n) is 11.0. The lowest BCUT2D eigenvalue weighted by Crippen LogP contribution is -2.13. The SMILES string of the molecule is CC(C)Oc1ccc(C(=O)Nc2cccc3c(-c4cnn(C5CCOC5)c4)ccnc23)cn1. The summed E-state index contributed by atoms with van der Waals surface area (Å²) in [6, 6.07) is 11.4. The molecule has 5 rings (SSSR count). The molecule has 1 amide bonds. The normalized spacial score (nSPS) is 15.8. The Morgan fingerprint density at radius 3 is 2.85 bits per heavy atom. The van der Waals surface area contributed by atoms with Crippen molar-refractivity contribution in [3.63, 3.8) is 0 Å². The molecule has 33 heavy (non-hydrogen) atoms. The Bertz CT molecular complexity index is 1280. The summed E-state index contributed by atoms with van der Waals surface area (Å²) < 4.78 is 13.0. The van der Waals surface area contributed by atoms with E-state index in [2.05, 4.69) is 20.4 Å². The number of carbonyl (C=O) groups excluding carboxylic acids is 1. The molecule has 4 heterocycles. The highest BCUT2D eigenvalue weighted by molar-refractivity contribution is 6.10. The second kappa shape index (κ2) is 8.99. The van der Waals surface area contributed by atoms with Crippen molar-refractivity contribution in [2.75, 3.05) is 18.5 Å². The zero-order chi connectivity index (χ0) is 22.8. The fourth-order valence-corrected chi connectivity index (χ4v) is 3.96. The van der Waals surface area contributed by atoms with Gasteiger partial charge < -0.3 is 14.8 Å². The van der Waals surface area contributed by atoms with Gasteiger partial charge in [-0.05, 0) is 44.0 Å². The molecule has 1 unspecified atom stereocenters. The number of fused-ring (bicyclic) bond motifs is 1. The van der Waals surface area contributed by atoms with Crippen molar-refractivity contribution >= 4 is 22.5 Å². The van der Waals surface area contributed by atoms with Crippen molar-refractivity contribution in [2.45, 2.75) is 32.4 Å². The van der Waals surface area contributed by atoms with Gasteiger partial charge in [-0.25, -0.2) is 4.98 Å². The topological polar surface area (TPSA) is 91.2 Å². The third-order valence-electron chi connectivity index (χ3n) is 5.57. The average molecular weight is 444 g/mol. The van der Waals surface area contributed by atoms with Crippen molar-refractivity contribution in [3.8, 4) is 17.0 Å². The standard InChI is InChI=1S/C25H25N5O3/c1-16(2)33-23-7-6-17(12-27-23)25(31)29-22-5-3-4-21-20(8-10-26-24(21)22)18-13-28-30(14-18)19-9-11-32-15-19/h3-8,10,12-14,16,19H,9,11,15H2,1-2H3,(H,29,31).